The van der Waals surface area contributed by atoms with E-state index in [2.05, 4.69) is 35.6 Å². The highest BCUT2D eigenvalue weighted by Gasteiger charge is 2.22. The molecule has 3 heteroatoms. The number of hydrogen-bond acceptors (Lipinski definition) is 2. The second-order valence-corrected chi connectivity index (χ2v) is 4.15. The molecule has 0 atom stereocenters. The van der Waals surface area contributed by atoms with Gasteiger partial charge in [-0.05, 0) is 19.3 Å². The summed E-state index contributed by atoms with van der Waals surface area (Å²) in [6.45, 7) is 7.61. The lowest BCUT2D eigenvalue weighted by Crippen LogP contribution is -2.43. The summed E-state index contributed by atoms with van der Waals surface area (Å²) in [5.41, 5.74) is 0.284. The first kappa shape index (κ1) is 12.2. The van der Waals surface area contributed by atoms with Crippen LogP contribution in [0.5, 0.6) is 0 Å². The predicted molar refractivity (Wildman–Crippen MR) is 63.7 cm³/mol. The number of rotatable bonds is 6. The van der Waals surface area contributed by atoms with Crippen molar-refractivity contribution in [1.82, 2.24) is 14.9 Å². The number of aryl methyl sites for hydroxylation is 1. The first-order chi connectivity index (χ1) is 7.17. The van der Waals surface area contributed by atoms with Gasteiger partial charge in [0.1, 0.15) is 5.82 Å². The van der Waals surface area contributed by atoms with Crippen LogP contribution in [0.2, 0.25) is 0 Å². The fourth-order valence-corrected chi connectivity index (χ4v) is 1.96. The zero-order valence-electron chi connectivity index (χ0n) is 10.4. The Morgan fingerprint density at radius 1 is 1.27 bits per heavy atom. The molecule has 1 N–H and O–H groups in total. The smallest absolute Gasteiger partial charge is 0.122 e. The third-order valence-corrected chi connectivity index (χ3v) is 3.57. The van der Waals surface area contributed by atoms with Crippen molar-refractivity contribution in [1.29, 1.82) is 0 Å². The van der Waals surface area contributed by atoms with Crippen LogP contribution >= 0.6 is 0 Å². The molecule has 0 aliphatic carbocycles. The molecule has 0 aliphatic rings. The Kier molecular flexibility index (Phi) is 4.33. The van der Waals surface area contributed by atoms with Crippen molar-refractivity contribution < 1.29 is 0 Å². The van der Waals surface area contributed by atoms with E-state index in [1.54, 1.807) is 0 Å². The lowest BCUT2D eigenvalue weighted by atomic mass is 9.90. The minimum absolute atomic E-state index is 0.284. The molecular weight excluding hydrogens is 186 g/mol. The van der Waals surface area contributed by atoms with Gasteiger partial charge in [0.2, 0.25) is 0 Å². The van der Waals surface area contributed by atoms with Crippen LogP contribution in [-0.4, -0.2) is 15.1 Å². The molecule has 0 radical (unpaired) electrons. The normalized spacial score (nSPS) is 12.0. The van der Waals surface area contributed by atoms with Crippen LogP contribution in [0.25, 0.3) is 0 Å². The van der Waals surface area contributed by atoms with Crippen molar-refractivity contribution >= 4 is 0 Å². The van der Waals surface area contributed by atoms with Gasteiger partial charge in [0, 0.05) is 25.0 Å². The number of nitrogens with zero attached hydrogens (tertiary/aromatic N) is 2. The number of aromatic nitrogens is 2. The standard InChI is InChI=1S/C12H23N3/c1-5-12(6-2,7-3)14-10-11-13-8-9-15(11)4/h8-9,14H,5-7,10H2,1-4H3. The Balaban J connectivity index is 2.58. The van der Waals surface area contributed by atoms with E-state index in [0.29, 0.717) is 0 Å². The molecule has 3 nitrogen and oxygen atoms in total. The molecule has 15 heavy (non-hydrogen) atoms. The van der Waals surface area contributed by atoms with Crippen molar-refractivity contribution in [2.24, 2.45) is 7.05 Å². The van der Waals surface area contributed by atoms with Gasteiger partial charge in [-0.15, -0.1) is 0 Å². The first-order valence-electron chi connectivity index (χ1n) is 5.88. The van der Waals surface area contributed by atoms with Crippen molar-refractivity contribution in [2.45, 2.75) is 52.1 Å². The highest BCUT2D eigenvalue weighted by molar-refractivity contribution is 4.93. The lowest BCUT2D eigenvalue weighted by Gasteiger charge is -2.31. The zero-order chi connectivity index (χ0) is 11.3. The molecule has 1 heterocycles. The minimum Gasteiger partial charge on any atom is -0.337 e. The van der Waals surface area contributed by atoms with Crippen LogP contribution in [0.4, 0.5) is 0 Å². The average Bonchev–Trinajstić information content (AvgIpc) is 2.67. The maximum absolute atomic E-state index is 4.32. The van der Waals surface area contributed by atoms with E-state index in [1.165, 1.54) is 19.3 Å². The van der Waals surface area contributed by atoms with Gasteiger partial charge >= 0.3 is 0 Å². The summed E-state index contributed by atoms with van der Waals surface area (Å²) in [7, 11) is 2.04. The highest BCUT2D eigenvalue weighted by Crippen LogP contribution is 2.19. The summed E-state index contributed by atoms with van der Waals surface area (Å²) in [6, 6.07) is 0. The number of nitrogens with one attached hydrogen (secondary N) is 1. The molecule has 0 amide bonds. The van der Waals surface area contributed by atoms with Gasteiger partial charge in [0.25, 0.3) is 0 Å². The van der Waals surface area contributed by atoms with Crippen LogP contribution < -0.4 is 5.32 Å². The van der Waals surface area contributed by atoms with Crippen LogP contribution in [0.3, 0.4) is 0 Å². The van der Waals surface area contributed by atoms with Gasteiger partial charge in [-0.2, -0.15) is 0 Å². The Hall–Kier alpha value is -0.830. The molecule has 0 aliphatic heterocycles. The van der Waals surface area contributed by atoms with E-state index in [4.69, 9.17) is 0 Å². The quantitative estimate of drug-likeness (QED) is 0.780. The summed E-state index contributed by atoms with van der Waals surface area (Å²) < 4.78 is 2.07. The first-order valence-corrected chi connectivity index (χ1v) is 5.88. The Morgan fingerprint density at radius 2 is 1.87 bits per heavy atom. The SMILES string of the molecule is CCC(CC)(CC)NCc1nccn1C. The maximum atomic E-state index is 4.32. The Labute approximate surface area is 92.9 Å². The van der Waals surface area contributed by atoms with Gasteiger partial charge in [0.15, 0.2) is 0 Å². The molecule has 0 fully saturated rings. The van der Waals surface area contributed by atoms with Crippen LogP contribution in [0.1, 0.15) is 45.9 Å². The number of imidazole rings is 1. The summed E-state index contributed by atoms with van der Waals surface area (Å²) in [5, 5.41) is 3.64. The van der Waals surface area contributed by atoms with Crippen molar-refractivity contribution in [3.8, 4) is 0 Å². The van der Waals surface area contributed by atoms with Crippen LogP contribution in [0, 0.1) is 0 Å². The third kappa shape index (κ3) is 2.81. The third-order valence-electron chi connectivity index (χ3n) is 3.57. The van der Waals surface area contributed by atoms with Crippen LogP contribution in [0.15, 0.2) is 12.4 Å². The molecule has 0 saturated heterocycles. The molecule has 0 aromatic carbocycles. The van der Waals surface area contributed by atoms with Crippen LogP contribution in [-0.2, 0) is 13.6 Å². The van der Waals surface area contributed by atoms with Gasteiger partial charge in [-0.1, -0.05) is 20.8 Å². The van der Waals surface area contributed by atoms with Gasteiger partial charge in [-0.25, -0.2) is 4.98 Å². The molecule has 0 bridgehead atoms. The summed E-state index contributed by atoms with van der Waals surface area (Å²) in [5.74, 6) is 1.11. The summed E-state index contributed by atoms with van der Waals surface area (Å²) >= 11 is 0. The Bertz CT molecular complexity index is 279. The molecule has 86 valence electrons. The van der Waals surface area contributed by atoms with Crippen molar-refractivity contribution in [3.05, 3.63) is 18.2 Å². The fraction of sp³-hybridized carbons (Fsp3) is 0.750. The second-order valence-electron chi connectivity index (χ2n) is 4.15. The molecular formula is C12H23N3. The van der Waals surface area contributed by atoms with Crippen molar-refractivity contribution in [2.75, 3.05) is 0 Å². The largest absolute Gasteiger partial charge is 0.337 e. The maximum Gasteiger partial charge on any atom is 0.122 e. The predicted octanol–water partition coefficient (Wildman–Crippen LogP) is 2.48. The topological polar surface area (TPSA) is 29.9 Å². The molecule has 1 aromatic rings. The molecule has 1 aromatic heterocycles. The monoisotopic (exact) mass is 209 g/mol. The van der Waals surface area contributed by atoms with E-state index in [-0.39, 0.29) is 5.54 Å². The second kappa shape index (κ2) is 5.31. The van der Waals surface area contributed by atoms with E-state index in [1.807, 2.05) is 19.4 Å². The molecule has 0 saturated carbocycles. The van der Waals surface area contributed by atoms with E-state index in [9.17, 15) is 0 Å². The molecule has 0 spiro atoms. The van der Waals surface area contributed by atoms with Gasteiger partial charge in [-0.3, -0.25) is 0 Å². The van der Waals surface area contributed by atoms with E-state index >= 15 is 0 Å². The number of hydrogen-bond donors (Lipinski definition) is 1. The van der Waals surface area contributed by atoms with Crippen molar-refractivity contribution in [3.63, 3.8) is 0 Å². The zero-order valence-corrected chi connectivity index (χ0v) is 10.4. The highest BCUT2D eigenvalue weighted by atomic mass is 15.1. The summed E-state index contributed by atoms with van der Waals surface area (Å²) in [4.78, 5) is 4.32. The molecule has 0 unspecified atom stereocenters. The van der Waals surface area contributed by atoms with Gasteiger partial charge in [0.05, 0.1) is 6.54 Å². The lowest BCUT2D eigenvalue weighted by molar-refractivity contribution is 0.284. The van der Waals surface area contributed by atoms with E-state index < -0.39 is 0 Å². The summed E-state index contributed by atoms with van der Waals surface area (Å²) in [6.07, 6.45) is 7.35. The average molecular weight is 209 g/mol. The molecule has 1 rings (SSSR count). The minimum atomic E-state index is 0.284. The Morgan fingerprint density at radius 3 is 2.27 bits per heavy atom. The van der Waals surface area contributed by atoms with E-state index in [0.717, 1.165) is 12.4 Å². The fourth-order valence-electron chi connectivity index (χ4n) is 1.96. The van der Waals surface area contributed by atoms with Gasteiger partial charge < -0.3 is 9.88 Å².